The Hall–Kier alpha value is -2.76. The number of aliphatic hydroxyl groups is 1. The van der Waals surface area contributed by atoms with Crippen molar-refractivity contribution in [3.8, 4) is 22.4 Å². The largest absolute Gasteiger partial charge is 0.392 e. The number of pyridine rings is 1. The minimum Gasteiger partial charge on any atom is -0.392 e. The van der Waals surface area contributed by atoms with Crippen molar-refractivity contribution in [3.63, 3.8) is 0 Å². The first-order chi connectivity index (χ1) is 14.1. The van der Waals surface area contributed by atoms with Crippen molar-refractivity contribution in [1.29, 1.82) is 0 Å². The van der Waals surface area contributed by atoms with Crippen LogP contribution in [0, 0.1) is 5.82 Å². The molecule has 4 heterocycles. The van der Waals surface area contributed by atoms with Gasteiger partial charge in [0.1, 0.15) is 5.82 Å². The van der Waals surface area contributed by atoms with Crippen LogP contribution in [0.2, 0.25) is 0 Å². The number of aliphatic hydroxyl groups excluding tert-OH is 1. The van der Waals surface area contributed by atoms with Gasteiger partial charge in [-0.2, -0.15) is 0 Å². The van der Waals surface area contributed by atoms with E-state index in [1.54, 1.807) is 12.4 Å². The van der Waals surface area contributed by atoms with Crippen LogP contribution in [0.3, 0.4) is 0 Å². The van der Waals surface area contributed by atoms with E-state index in [0.29, 0.717) is 6.04 Å². The van der Waals surface area contributed by atoms with Gasteiger partial charge in [0.2, 0.25) is 0 Å². The minimum atomic E-state index is -0.241. The molecule has 0 bridgehead atoms. The van der Waals surface area contributed by atoms with Crippen LogP contribution in [-0.4, -0.2) is 45.2 Å². The fourth-order valence-corrected chi connectivity index (χ4v) is 4.90. The summed E-state index contributed by atoms with van der Waals surface area (Å²) in [6, 6.07) is 11.0. The number of rotatable bonds is 3. The average molecular weight is 389 g/mol. The summed E-state index contributed by atoms with van der Waals surface area (Å²) in [5, 5.41) is 10.1. The number of benzene rings is 1. The highest BCUT2D eigenvalue weighted by atomic mass is 19.1. The summed E-state index contributed by atoms with van der Waals surface area (Å²) in [5.74, 6) is -0.239. The Bertz CT molecular complexity index is 1060. The molecule has 2 aliphatic rings. The van der Waals surface area contributed by atoms with Gasteiger partial charge in [-0.3, -0.25) is 9.88 Å². The number of hydrogen-bond acceptors (Lipinski definition) is 3. The lowest BCUT2D eigenvalue weighted by Crippen LogP contribution is -2.35. The highest BCUT2D eigenvalue weighted by Gasteiger charge is 2.36. The van der Waals surface area contributed by atoms with Crippen molar-refractivity contribution in [3.05, 3.63) is 71.9 Å². The first-order valence-electron chi connectivity index (χ1n) is 10.1. The molecule has 0 spiro atoms. The summed E-state index contributed by atoms with van der Waals surface area (Å²) >= 11 is 0. The Balaban J connectivity index is 1.67. The maximum absolute atomic E-state index is 13.5. The average Bonchev–Trinajstić information content (AvgIpc) is 3.33. The van der Waals surface area contributed by atoms with Crippen LogP contribution >= 0.6 is 0 Å². The van der Waals surface area contributed by atoms with Crippen molar-refractivity contribution in [1.82, 2.24) is 14.9 Å². The number of halogens is 1. The fourth-order valence-electron chi connectivity index (χ4n) is 4.90. The van der Waals surface area contributed by atoms with Crippen molar-refractivity contribution in [2.24, 2.45) is 0 Å². The molecule has 2 atom stereocenters. The Kier molecular flexibility index (Phi) is 4.57. The third-order valence-electron chi connectivity index (χ3n) is 6.31. The molecule has 0 aliphatic carbocycles. The normalized spacial score (nSPS) is 22.2. The molecule has 5 rings (SSSR count). The maximum Gasteiger partial charge on any atom is 0.123 e. The van der Waals surface area contributed by atoms with Gasteiger partial charge in [0.25, 0.3) is 0 Å². The number of fused-ring (bicyclic) bond motifs is 1. The Morgan fingerprint density at radius 1 is 1.10 bits per heavy atom. The van der Waals surface area contributed by atoms with Crippen molar-refractivity contribution < 1.29 is 9.50 Å². The van der Waals surface area contributed by atoms with Gasteiger partial charge in [-0.25, -0.2) is 4.39 Å². The molecule has 1 fully saturated rings. The van der Waals surface area contributed by atoms with Crippen LogP contribution in [0.1, 0.15) is 25.3 Å². The SMILES string of the molecule is CC1=C(c2c[nH]c(-c3ccc(F)cc3)c2-c2ccncc2)CCN2CC(O)CC12. The second-order valence-corrected chi connectivity index (χ2v) is 8.01. The van der Waals surface area contributed by atoms with Crippen LogP contribution in [0.15, 0.2) is 60.6 Å². The van der Waals surface area contributed by atoms with Crippen molar-refractivity contribution in [2.45, 2.75) is 31.9 Å². The lowest BCUT2D eigenvalue weighted by molar-refractivity contribution is 0.176. The smallest absolute Gasteiger partial charge is 0.123 e. The molecule has 1 saturated heterocycles. The summed E-state index contributed by atoms with van der Waals surface area (Å²) in [7, 11) is 0. The van der Waals surface area contributed by atoms with E-state index >= 15 is 0 Å². The van der Waals surface area contributed by atoms with Gasteiger partial charge in [0, 0.05) is 48.8 Å². The van der Waals surface area contributed by atoms with Gasteiger partial charge in [-0.05, 0) is 72.9 Å². The second-order valence-electron chi connectivity index (χ2n) is 8.01. The van der Waals surface area contributed by atoms with E-state index in [4.69, 9.17) is 0 Å². The van der Waals surface area contributed by atoms with Gasteiger partial charge in [-0.15, -0.1) is 0 Å². The van der Waals surface area contributed by atoms with Gasteiger partial charge >= 0.3 is 0 Å². The molecule has 29 heavy (non-hydrogen) atoms. The highest BCUT2D eigenvalue weighted by molar-refractivity contribution is 5.92. The molecule has 1 aromatic carbocycles. The van der Waals surface area contributed by atoms with E-state index in [1.165, 1.54) is 28.8 Å². The molecular formula is C24H24FN3O. The Morgan fingerprint density at radius 3 is 2.62 bits per heavy atom. The molecule has 0 radical (unpaired) electrons. The summed E-state index contributed by atoms with van der Waals surface area (Å²) in [4.78, 5) is 10.0. The van der Waals surface area contributed by atoms with Crippen LogP contribution in [0.25, 0.3) is 28.0 Å². The topological polar surface area (TPSA) is 52.2 Å². The summed E-state index contributed by atoms with van der Waals surface area (Å²) < 4.78 is 13.5. The first kappa shape index (κ1) is 18.3. The quantitative estimate of drug-likeness (QED) is 0.694. The van der Waals surface area contributed by atoms with Crippen LogP contribution in [0.5, 0.6) is 0 Å². The monoisotopic (exact) mass is 389 g/mol. The standard InChI is InChI=1S/C24H24FN3O/c1-15-20(8-11-28-14-19(29)12-22(15)28)21-13-27-24(17-2-4-18(25)5-3-17)23(21)16-6-9-26-10-7-16/h2-7,9-10,13,19,22,27,29H,8,11-12,14H2,1H3. The summed E-state index contributed by atoms with van der Waals surface area (Å²) in [6.45, 7) is 3.92. The van der Waals surface area contributed by atoms with E-state index in [2.05, 4.69) is 28.0 Å². The van der Waals surface area contributed by atoms with Gasteiger partial charge in [-0.1, -0.05) is 5.57 Å². The number of hydrogen-bond donors (Lipinski definition) is 2. The lowest BCUT2D eigenvalue weighted by atomic mass is 9.86. The predicted molar refractivity (Wildman–Crippen MR) is 113 cm³/mol. The number of nitrogens with zero attached hydrogens (tertiary/aromatic N) is 2. The Labute approximate surface area is 169 Å². The third kappa shape index (κ3) is 3.20. The molecule has 0 amide bonds. The molecule has 2 aromatic heterocycles. The number of nitrogens with one attached hydrogen (secondary N) is 1. The molecule has 4 nitrogen and oxygen atoms in total. The maximum atomic E-state index is 13.5. The van der Waals surface area contributed by atoms with Crippen LogP contribution in [0.4, 0.5) is 4.39 Å². The molecular weight excluding hydrogens is 365 g/mol. The predicted octanol–water partition coefficient (Wildman–Crippen LogP) is 4.50. The van der Waals surface area contributed by atoms with E-state index in [-0.39, 0.29) is 11.9 Å². The second kappa shape index (κ2) is 7.25. The minimum absolute atomic E-state index is 0.239. The fraction of sp³-hybridized carbons (Fsp3) is 0.292. The first-order valence-corrected chi connectivity index (χ1v) is 10.1. The molecule has 0 saturated carbocycles. The third-order valence-corrected chi connectivity index (χ3v) is 6.31. The van der Waals surface area contributed by atoms with E-state index < -0.39 is 0 Å². The van der Waals surface area contributed by atoms with E-state index in [9.17, 15) is 9.50 Å². The molecule has 2 aliphatic heterocycles. The molecule has 148 valence electrons. The van der Waals surface area contributed by atoms with E-state index in [0.717, 1.165) is 48.3 Å². The molecule has 2 N–H and O–H groups in total. The van der Waals surface area contributed by atoms with Crippen molar-refractivity contribution in [2.75, 3.05) is 13.1 Å². The zero-order valence-electron chi connectivity index (χ0n) is 16.4. The van der Waals surface area contributed by atoms with Gasteiger partial charge in [0.15, 0.2) is 0 Å². The van der Waals surface area contributed by atoms with Gasteiger partial charge < -0.3 is 10.1 Å². The highest BCUT2D eigenvalue weighted by Crippen LogP contribution is 2.43. The summed E-state index contributed by atoms with van der Waals surface area (Å²) in [6.07, 6.45) is 7.20. The number of H-pyrrole nitrogens is 1. The number of aromatic nitrogens is 2. The van der Waals surface area contributed by atoms with Crippen LogP contribution in [-0.2, 0) is 0 Å². The zero-order chi connectivity index (χ0) is 20.0. The molecule has 5 heteroatoms. The molecule has 2 unspecified atom stereocenters. The zero-order valence-corrected chi connectivity index (χ0v) is 16.4. The Morgan fingerprint density at radius 2 is 1.86 bits per heavy atom. The van der Waals surface area contributed by atoms with Crippen LogP contribution < -0.4 is 0 Å². The number of aromatic amines is 1. The van der Waals surface area contributed by atoms with E-state index in [1.807, 2.05) is 24.3 Å². The van der Waals surface area contributed by atoms with Crippen molar-refractivity contribution >= 4 is 5.57 Å². The van der Waals surface area contributed by atoms with Gasteiger partial charge in [0.05, 0.1) is 11.8 Å². The molecule has 3 aromatic rings. The lowest BCUT2D eigenvalue weighted by Gasteiger charge is -2.32. The summed E-state index contributed by atoms with van der Waals surface area (Å²) in [5.41, 5.74) is 8.03.